The van der Waals surface area contributed by atoms with Crippen molar-refractivity contribution in [2.24, 2.45) is 4.99 Å². The number of ether oxygens (including phenoxy) is 1. The van der Waals surface area contributed by atoms with Crippen molar-refractivity contribution >= 4 is 5.96 Å². The molecule has 2 aliphatic rings. The van der Waals surface area contributed by atoms with Crippen molar-refractivity contribution in [3.8, 4) is 0 Å². The van der Waals surface area contributed by atoms with Gasteiger partial charge in [0, 0.05) is 25.9 Å². The lowest BCUT2D eigenvalue weighted by Crippen LogP contribution is -2.45. The topological polar surface area (TPSA) is 63.5 Å². The molecule has 24 heavy (non-hydrogen) atoms. The summed E-state index contributed by atoms with van der Waals surface area (Å²) in [4.78, 5) is 4.68. The Hall–Kier alpha value is -1.56. The predicted octanol–water partition coefficient (Wildman–Crippen LogP) is 2.62. The molecule has 0 spiro atoms. The van der Waals surface area contributed by atoms with Gasteiger partial charge in [-0.1, -0.05) is 12.8 Å². The van der Waals surface area contributed by atoms with E-state index in [0.29, 0.717) is 12.6 Å². The summed E-state index contributed by atoms with van der Waals surface area (Å²) in [6, 6.07) is 2.68. The lowest BCUT2D eigenvalue weighted by molar-refractivity contribution is 0.0243. The summed E-state index contributed by atoms with van der Waals surface area (Å²) in [6.07, 6.45) is 9.52. The molecule has 2 heterocycles. The quantitative estimate of drug-likeness (QED) is 0.620. The van der Waals surface area contributed by atoms with E-state index < -0.39 is 0 Å². The van der Waals surface area contributed by atoms with Crippen LogP contribution in [0.5, 0.6) is 0 Å². The maximum absolute atomic E-state index is 5.83. The van der Waals surface area contributed by atoms with Gasteiger partial charge in [0.25, 0.3) is 0 Å². The Labute approximate surface area is 145 Å². The fraction of sp³-hybridized carbons (Fsp3) is 0.778. The molecule has 134 valence electrons. The second-order valence-corrected chi connectivity index (χ2v) is 7.18. The summed E-state index contributed by atoms with van der Waals surface area (Å²) < 4.78 is 7.96. The van der Waals surface area contributed by atoms with E-state index in [0.717, 1.165) is 44.2 Å². The van der Waals surface area contributed by atoms with Crippen molar-refractivity contribution in [2.45, 2.75) is 70.6 Å². The summed E-state index contributed by atoms with van der Waals surface area (Å²) in [7, 11) is 0. The third-order valence-electron chi connectivity index (χ3n) is 5.04. The minimum absolute atomic E-state index is 0.0692. The van der Waals surface area contributed by atoms with E-state index in [1.54, 1.807) is 0 Å². The van der Waals surface area contributed by atoms with Gasteiger partial charge in [0.05, 0.1) is 23.9 Å². The van der Waals surface area contributed by atoms with Gasteiger partial charge in [-0.05, 0) is 45.6 Å². The highest BCUT2D eigenvalue weighted by Gasteiger charge is 2.29. The molecule has 1 atom stereocenters. The van der Waals surface area contributed by atoms with Gasteiger partial charge in [0.2, 0.25) is 0 Å². The maximum Gasteiger partial charge on any atom is 0.191 e. The normalized spacial score (nSPS) is 25.3. The highest BCUT2D eigenvalue weighted by Crippen LogP contribution is 2.28. The molecule has 1 aromatic rings. The minimum Gasteiger partial charge on any atom is -0.373 e. The Morgan fingerprint density at radius 2 is 2.21 bits per heavy atom. The maximum atomic E-state index is 5.83. The van der Waals surface area contributed by atoms with Crippen LogP contribution in [0.15, 0.2) is 17.3 Å². The van der Waals surface area contributed by atoms with Crippen LogP contribution in [0.3, 0.4) is 0 Å². The molecule has 3 rings (SSSR count). The number of hydrogen-bond acceptors (Lipinski definition) is 3. The largest absolute Gasteiger partial charge is 0.373 e. The molecular weight excluding hydrogens is 302 g/mol. The Morgan fingerprint density at radius 3 is 2.92 bits per heavy atom. The number of rotatable bonds is 6. The summed E-state index contributed by atoms with van der Waals surface area (Å²) in [5, 5.41) is 11.4. The van der Waals surface area contributed by atoms with Gasteiger partial charge in [-0.2, -0.15) is 5.10 Å². The summed E-state index contributed by atoms with van der Waals surface area (Å²) in [6.45, 7) is 7.35. The number of aromatic nitrogens is 2. The van der Waals surface area contributed by atoms with Crippen molar-refractivity contribution in [1.29, 1.82) is 0 Å². The zero-order valence-corrected chi connectivity index (χ0v) is 15.1. The molecule has 0 amide bonds. The molecule has 1 saturated carbocycles. The van der Waals surface area contributed by atoms with Crippen LogP contribution in [-0.2, 0) is 11.3 Å². The average molecular weight is 333 g/mol. The van der Waals surface area contributed by atoms with E-state index in [4.69, 9.17) is 9.84 Å². The first-order valence-electron chi connectivity index (χ1n) is 9.39. The van der Waals surface area contributed by atoms with Crippen LogP contribution in [-0.4, -0.2) is 41.0 Å². The van der Waals surface area contributed by atoms with E-state index in [-0.39, 0.29) is 5.60 Å². The zero-order chi connectivity index (χ0) is 16.8. The molecule has 0 bridgehead atoms. The second-order valence-electron chi connectivity index (χ2n) is 7.18. The molecule has 6 nitrogen and oxygen atoms in total. The fourth-order valence-electron chi connectivity index (χ4n) is 3.58. The first-order valence-corrected chi connectivity index (χ1v) is 9.39. The lowest BCUT2D eigenvalue weighted by atomic mass is 10.0. The molecular formula is C18H31N5O. The molecule has 0 radical (unpaired) electrons. The van der Waals surface area contributed by atoms with Gasteiger partial charge in [-0.15, -0.1) is 0 Å². The molecule has 1 aliphatic heterocycles. The number of guanidine groups is 1. The molecule has 2 fully saturated rings. The monoisotopic (exact) mass is 333 g/mol. The molecule has 1 aliphatic carbocycles. The van der Waals surface area contributed by atoms with Crippen molar-refractivity contribution in [2.75, 3.05) is 19.7 Å². The standard InChI is InChI=1S/C18H31N5O/c1-3-19-17(21-14-18(2)10-6-12-24-18)20-13-15-9-11-23(22-15)16-7-4-5-8-16/h9,11,16H,3-8,10,12-14H2,1-2H3,(H2,19,20,21). The summed E-state index contributed by atoms with van der Waals surface area (Å²) >= 11 is 0. The Kier molecular flexibility index (Phi) is 5.76. The third kappa shape index (κ3) is 4.50. The lowest BCUT2D eigenvalue weighted by Gasteiger charge is -2.24. The van der Waals surface area contributed by atoms with Gasteiger partial charge in [-0.3, -0.25) is 4.68 Å². The van der Waals surface area contributed by atoms with Crippen molar-refractivity contribution < 1.29 is 4.74 Å². The van der Waals surface area contributed by atoms with Crippen LogP contribution in [0.2, 0.25) is 0 Å². The predicted molar refractivity (Wildman–Crippen MR) is 96.1 cm³/mol. The van der Waals surface area contributed by atoms with Gasteiger partial charge >= 0.3 is 0 Å². The van der Waals surface area contributed by atoms with Gasteiger partial charge in [-0.25, -0.2) is 4.99 Å². The van der Waals surface area contributed by atoms with Crippen molar-refractivity contribution in [1.82, 2.24) is 20.4 Å². The Bertz CT molecular complexity index is 541. The van der Waals surface area contributed by atoms with Crippen LogP contribution < -0.4 is 10.6 Å². The molecule has 2 N–H and O–H groups in total. The van der Waals surface area contributed by atoms with E-state index >= 15 is 0 Å². The van der Waals surface area contributed by atoms with Crippen molar-refractivity contribution in [3.63, 3.8) is 0 Å². The Morgan fingerprint density at radius 1 is 1.38 bits per heavy atom. The van der Waals surface area contributed by atoms with Crippen LogP contribution in [0, 0.1) is 0 Å². The van der Waals surface area contributed by atoms with Crippen LogP contribution >= 0.6 is 0 Å². The van der Waals surface area contributed by atoms with Crippen LogP contribution in [0.4, 0.5) is 0 Å². The molecule has 1 aromatic heterocycles. The smallest absolute Gasteiger partial charge is 0.191 e. The van der Waals surface area contributed by atoms with Crippen LogP contribution in [0.25, 0.3) is 0 Å². The molecule has 1 unspecified atom stereocenters. The fourth-order valence-corrected chi connectivity index (χ4v) is 3.58. The number of hydrogen-bond donors (Lipinski definition) is 2. The highest BCUT2D eigenvalue weighted by atomic mass is 16.5. The number of aliphatic imine (C=N–C) groups is 1. The summed E-state index contributed by atoms with van der Waals surface area (Å²) in [5.74, 6) is 0.838. The SMILES string of the molecule is CCNC(=NCc1ccn(C2CCCC2)n1)NCC1(C)CCCO1. The second kappa shape index (κ2) is 8.01. The molecule has 6 heteroatoms. The van der Waals surface area contributed by atoms with E-state index in [1.165, 1.54) is 25.7 Å². The average Bonchev–Trinajstić information content (AvgIpc) is 3.31. The third-order valence-corrected chi connectivity index (χ3v) is 5.04. The van der Waals surface area contributed by atoms with E-state index in [1.807, 2.05) is 0 Å². The zero-order valence-electron chi connectivity index (χ0n) is 15.1. The highest BCUT2D eigenvalue weighted by molar-refractivity contribution is 5.79. The van der Waals surface area contributed by atoms with Gasteiger partial charge in [0.1, 0.15) is 0 Å². The van der Waals surface area contributed by atoms with Gasteiger partial charge < -0.3 is 15.4 Å². The first-order chi connectivity index (χ1) is 11.7. The van der Waals surface area contributed by atoms with E-state index in [9.17, 15) is 0 Å². The minimum atomic E-state index is -0.0692. The number of nitrogens with one attached hydrogen (secondary N) is 2. The van der Waals surface area contributed by atoms with Crippen LogP contribution in [0.1, 0.15) is 64.1 Å². The molecule has 0 aromatic carbocycles. The molecule has 1 saturated heterocycles. The summed E-state index contributed by atoms with van der Waals surface area (Å²) in [5.41, 5.74) is 0.961. The van der Waals surface area contributed by atoms with Gasteiger partial charge in [0.15, 0.2) is 5.96 Å². The van der Waals surface area contributed by atoms with Crippen molar-refractivity contribution in [3.05, 3.63) is 18.0 Å². The number of nitrogens with zero attached hydrogens (tertiary/aromatic N) is 3. The first kappa shape index (κ1) is 17.3. The van der Waals surface area contributed by atoms with E-state index in [2.05, 4.69) is 46.4 Å². The Balaban J connectivity index is 1.54.